The SMILES string of the molecule is NCCc1nc(-c2ccncc2)c(-c2ccc(F)cc2)s1. The normalized spacial score (nSPS) is 10.8. The molecule has 3 nitrogen and oxygen atoms in total. The Labute approximate surface area is 126 Å². The van der Waals surface area contributed by atoms with E-state index in [4.69, 9.17) is 5.73 Å². The fourth-order valence-electron chi connectivity index (χ4n) is 2.10. The van der Waals surface area contributed by atoms with Gasteiger partial charge in [0.05, 0.1) is 15.6 Å². The Kier molecular flexibility index (Phi) is 4.03. The summed E-state index contributed by atoms with van der Waals surface area (Å²) in [5.74, 6) is -0.240. The van der Waals surface area contributed by atoms with Gasteiger partial charge in [0.2, 0.25) is 0 Å². The molecule has 0 saturated carbocycles. The summed E-state index contributed by atoms with van der Waals surface area (Å²) in [5.41, 5.74) is 8.49. The molecule has 0 bridgehead atoms. The van der Waals surface area contributed by atoms with Gasteiger partial charge >= 0.3 is 0 Å². The van der Waals surface area contributed by atoms with Crippen LogP contribution in [0, 0.1) is 5.82 Å². The second kappa shape index (κ2) is 6.11. The van der Waals surface area contributed by atoms with Gasteiger partial charge in [-0.2, -0.15) is 0 Å². The quantitative estimate of drug-likeness (QED) is 0.802. The van der Waals surface area contributed by atoms with E-state index in [2.05, 4.69) is 9.97 Å². The van der Waals surface area contributed by atoms with Gasteiger partial charge in [0.15, 0.2) is 0 Å². The van der Waals surface area contributed by atoms with Crippen molar-refractivity contribution in [2.45, 2.75) is 6.42 Å². The number of aromatic nitrogens is 2. The molecule has 0 amide bonds. The maximum Gasteiger partial charge on any atom is 0.123 e. The van der Waals surface area contributed by atoms with Crippen molar-refractivity contribution in [2.24, 2.45) is 5.73 Å². The van der Waals surface area contributed by atoms with Crippen molar-refractivity contribution in [2.75, 3.05) is 6.54 Å². The first-order valence-electron chi connectivity index (χ1n) is 6.64. The summed E-state index contributed by atoms with van der Waals surface area (Å²) in [4.78, 5) is 9.75. The largest absolute Gasteiger partial charge is 0.330 e. The number of nitrogens with two attached hydrogens (primary N) is 1. The highest BCUT2D eigenvalue weighted by molar-refractivity contribution is 7.15. The monoisotopic (exact) mass is 299 g/mol. The molecule has 0 saturated heterocycles. The van der Waals surface area contributed by atoms with Gasteiger partial charge in [-0.3, -0.25) is 4.98 Å². The molecule has 0 aliphatic heterocycles. The summed E-state index contributed by atoms with van der Waals surface area (Å²) in [6.07, 6.45) is 4.22. The predicted molar refractivity (Wildman–Crippen MR) is 83.5 cm³/mol. The molecular formula is C16H14FN3S. The van der Waals surface area contributed by atoms with Crippen molar-refractivity contribution in [3.8, 4) is 21.7 Å². The molecule has 2 aromatic heterocycles. The molecule has 0 atom stereocenters. The van der Waals surface area contributed by atoms with E-state index in [-0.39, 0.29) is 5.82 Å². The third-order valence-corrected chi connectivity index (χ3v) is 4.25. The minimum absolute atomic E-state index is 0.240. The molecule has 3 aromatic rings. The minimum atomic E-state index is -0.240. The summed E-state index contributed by atoms with van der Waals surface area (Å²) in [5, 5.41) is 0.989. The molecule has 0 unspecified atom stereocenters. The first-order chi connectivity index (χ1) is 10.3. The van der Waals surface area contributed by atoms with Crippen LogP contribution in [0.2, 0.25) is 0 Å². The lowest BCUT2D eigenvalue weighted by Gasteiger charge is -2.02. The summed E-state index contributed by atoms with van der Waals surface area (Å²) < 4.78 is 13.1. The molecule has 2 heterocycles. The number of halogens is 1. The molecule has 106 valence electrons. The van der Waals surface area contributed by atoms with E-state index in [1.165, 1.54) is 12.1 Å². The average Bonchev–Trinajstić information content (AvgIpc) is 2.93. The standard InChI is InChI=1S/C16H14FN3S/c17-13-3-1-12(2-4-13)16-15(11-6-9-19-10-7-11)20-14(21-16)5-8-18/h1-4,6-7,9-10H,5,8,18H2. The van der Waals surface area contributed by atoms with Crippen LogP contribution in [-0.4, -0.2) is 16.5 Å². The third-order valence-electron chi connectivity index (χ3n) is 3.09. The lowest BCUT2D eigenvalue weighted by atomic mass is 10.1. The van der Waals surface area contributed by atoms with E-state index in [1.54, 1.807) is 35.9 Å². The summed E-state index contributed by atoms with van der Waals surface area (Å²) >= 11 is 1.60. The van der Waals surface area contributed by atoms with E-state index < -0.39 is 0 Å². The van der Waals surface area contributed by atoms with Gasteiger partial charge in [-0.1, -0.05) is 12.1 Å². The average molecular weight is 299 g/mol. The minimum Gasteiger partial charge on any atom is -0.330 e. The van der Waals surface area contributed by atoms with E-state index in [0.717, 1.165) is 33.1 Å². The second-order valence-corrected chi connectivity index (χ2v) is 5.65. The van der Waals surface area contributed by atoms with Crippen molar-refractivity contribution in [1.82, 2.24) is 9.97 Å². The Morgan fingerprint density at radius 2 is 1.71 bits per heavy atom. The Hall–Kier alpha value is -2.11. The summed E-state index contributed by atoms with van der Waals surface area (Å²) in [6, 6.07) is 10.3. The Morgan fingerprint density at radius 1 is 1.00 bits per heavy atom. The first-order valence-corrected chi connectivity index (χ1v) is 7.45. The van der Waals surface area contributed by atoms with Crippen LogP contribution >= 0.6 is 11.3 Å². The fourth-order valence-corrected chi connectivity index (χ4v) is 3.20. The molecule has 2 N–H and O–H groups in total. The summed E-state index contributed by atoms with van der Waals surface area (Å²) in [7, 11) is 0. The van der Waals surface area contributed by atoms with Crippen molar-refractivity contribution in [3.05, 3.63) is 59.6 Å². The van der Waals surface area contributed by atoms with Crippen LogP contribution in [0.25, 0.3) is 21.7 Å². The molecule has 0 radical (unpaired) electrons. The highest BCUT2D eigenvalue weighted by Gasteiger charge is 2.14. The highest BCUT2D eigenvalue weighted by Crippen LogP contribution is 2.36. The molecule has 1 aromatic carbocycles. The van der Waals surface area contributed by atoms with Gasteiger partial charge in [-0.25, -0.2) is 9.37 Å². The van der Waals surface area contributed by atoms with Crippen LogP contribution in [0.15, 0.2) is 48.8 Å². The number of nitrogens with zero attached hydrogens (tertiary/aromatic N) is 2. The van der Waals surface area contributed by atoms with Crippen LogP contribution in [0.3, 0.4) is 0 Å². The number of hydrogen-bond donors (Lipinski definition) is 1. The molecule has 5 heteroatoms. The zero-order valence-electron chi connectivity index (χ0n) is 11.3. The van der Waals surface area contributed by atoms with Crippen LogP contribution in [-0.2, 0) is 6.42 Å². The van der Waals surface area contributed by atoms with Crippen molar-refractivity contribution in [3.63, 3.8) is 0 Å². The zero-order chi connectivity index (χ0) is 14.7. The molecular weight excluding hydrogens is 285 g/mol. The molecule has 0 aliphatic carbocycles. The van der Waals surface area contributed by atoms with E-state index in [0.29, 0.717) is 6.54 Å². The second-order valence-electron chi connectivity index (χ2n) is 4.57. The molecule has 0 fully saturated rings. The Morgan fingerprint density at radius 3 is 2.38 bits per heavy atom. The lowest BCUT2D eigenvalue weighted by Crippen LogP contribution is -2.01. The first kappa shape index (κ1) is 13.9. The van der Waals surface area contributed by atoms with Gasteiger partial charge in [-0.05, 0) is 36.4 Å². The predicted octanol–water partition coefficient (Wildman–Crippen LogP) is 3.51. The zero-order valence-corrected chi connectivity index (χ0v) is 12.1. The fraction of sp³-hybridized carbons (Fsp3) is 0.125. The van der Waals surface area contributed by atoms with E-state index in [1.807, 2.05) is 12.1 Å². The molecule has 21 heavy (non-hydrogen) atoms. The Bertz CT molecular complexity index is 723. The number of pyridine rings is 1. The molecule has 0 aliphatic rings. The van der Waals surface area contributed by atoms with Gasteiger partial charge in [0.1, 0.15) is 5.82 Å². The number of hydrogen-bond acceptors (Lipinski definition) is 4. The van der Waals surface area contributed by atoms with Gasteiger partial charge < -0.3 is 5.73 Å². The highest BCUT2D eigenvalue weighted by atomic mass is 32.1. The van der Waals surface area contributed by atoms with Crippen molar-refractivity contribution in [1.29, 1.82) is 0 Å². The number of benzene rings is 1. The van der Waals surface area contributed by atoms with Gasteiger partial charge in [0.25, 0.3) is 0 Å². The van der Waals surface area contributed by atoms with Gasteiger partial charge in [-0.15, -0.1) is 11.3 Å². The number of rotatable bonds is 4. The smallest absolute Gasteiger partial charge is 0.123 e. The van der Waals surface area contributed by atoms with E-state index in [9.17, 15) is 4.39 Å². The van der Waals surface area contributed by atoms with Crippen molar-refractivity contribution < 1.29 is 4.39 Å². The van der Waals surface area contributed by atoms with Crippen LogP contribution in [0.1, 0.15) is 5.01 Å². The van der Waals surface area contributed by atoms with Crippen LogP contribution in [0.5, 0.6) is 0 Å². The maximum absolute atomic E-state index is 13.1. The van der Waals surface area contributed by atoms with Crippen LogP contribution < -0.4 is 5.73 Å². The van der Waals surface area contributed by atoms with E-state index >= 15 is 0 Å². The molecule has 0 spiro atoms. The number of thiazole rings is 1. The topological polar surface area (TPSA) is 51.8 Å². The molecule has 3 rings (SSSR count). The third kappa shape index (κ3) is 2.99. The van der Waals surface area contributed by atoms with Crippen molar-refractivity contribution >= 4 is 11.3 Å². The lowest BCUT2D eigenvalue weighted by molar-refractivity contribution is 0.628. The van der Waals surface area contributed by atoms with Gasteiger partial charge in [0, 0.05) is 24.4 Å². The maximum atomic E-state index is 13.1. The van der Waals surface area contributed by atoms with Crippen LogP contribution in [0.4, 0.5) is 4.39 Å². The Balaban J connectivity index is 2.11. The summed E-state index contributed by atoms with van der Waals surface area (Å²) in [6.45, 7) is 0.562.